The second-order valence-electron chi connectivity index (χ2n) is 13.1. The lowest BCUT2D eigenvalue weighted by Gasteiger charge is -2.24. The number of amides is 5. The van der Waals surface area contributed by atoms with E-state index >= 15 is 0 Å². The summed E-state index contributed by atoms with van der Waals surface area (Å²) >= 11 is 0. The van der Waals surface area contributed by atoms with E-state index in [1.165, 1.54) is 71.3 Å². The first-order valence-electron chi connectivity index (χ1n) is 19.5. The summed E-state index contributed by atoms with van der Waals surface area (Å²) < 4.78 is 10.7. The normalized spacial score (nSPS) is 12.7. The van der Waals surface area contributed by atoms with Crippen LogP contribution in [0.4, 0.5) is 0 Å². The number of nitrogens with one attached hydrogen (secondary N) is 5. The predicted molar refractivity (Wildman–Crippen MR) is 198 cm³/mol. The van der Waals surface area contributed by atoms with Crippen LogP contribution in [0.2, 0.25) is 0 Å². The van der Waals surface area contributed by atoms with Gasteiger partial charge in [-0.15, -0.1) is 0 Å². The van der Waals surface area contributed by atoms with Crippen LogP contribution in [0.5, 0.6) is 0 Å². The summed E-state index contributed by atoms with van der Waals surface area (Å²) in [4.78, 5) is 73.5. The van der Waals surface area contributed by atoms with Crippen LogP contribution in [0.1, 0.15) is 136 Å². The molecule has 0 aromatic rings. The maximum absolute atomic E-state index is 12.9. The molecule has 15 nitrogen and oxygen atoms in total. The maximum atomic E-state index is 12.9. The van der Waals surface area contributed by atoms with Crippen molar-refractivity contribution in [3.8, 4) is 0 Å². The van der Waals surface area contributed by atoms with Crippen LogP contribution in [-0.4, -0.2) is 110 Å². The van der Waals surface area contributed by atoms with Crippen molar-refractivity contribution in [2.24, 2.45) is 0 Å². The number of aliphatic hydroxyl groups is 1. The van der Waals surface area contributed by atoms with Gasteiger partial charge in [-0.3, -0.25) is 28.8 Å². The molecule has 0 rings (SSSR count). The summed E-state index contributed by atoms with van der Waals surface area (Å²) in [5, 5.41) is 31.4. The van der Waals surface area contributed by atoms with Gasteiger partial charge in [-0.05, 0) is 19.3 Å². The van der Waals surface area contributed by atoms with Crippen LogP contribution in [0.3, 0.4) is 0 Å². The molecule has 52 heavy (non-hydrogen) atoms. The zero-order chi connectivity index (χ0) is 38.8. The summed E-state index contributed by atoms with van der Waals surface area (Å²) in [7, 11) is 1.43. The van der Waals surface area contributed by atoms with Gasteiger partial charge < -0.3 is 46.3 Å². The molecule has 7 N–H and O–H groups in total. The Hall–Kier alpha value is -3.30. The Kier molecular flexibility index (Phi) is 31.4. The molecule has 0 aliphatic rings. The maximum Gasteiger partial charge on any atom is 0.303 e. The molecular formula is C37H69N5O10. The lowest BCUT2D eigenvalue weighted by Crippen LogP contribution is -2.58. The molecule has 0 aliphatic heterocycles. The standard InChI is InChI=1S/C37H69N5O10/c1-4-6-8-9-10-11-12-13-14-15-16-17-18-20-32(44)39-23-24-51-25-26-52-28-33(45)40-30(21-22-34(46)47)36(49)42-31(27-43)37(50)41-29(19-7-5-2)35(48)38-3/h29-31,43H,4-28H2,1-3H3,(H,38,48)(H,39,44)(H,40,45)(H,41,50)(H,42,49)(H,46,47)/t29-,30-,31-/m0/s1. The van der Waals surface area contributed by atoms with Gasteiger partial charge in [-0.1, -0.05) is 104 Å². The molecule has 302 valence electrons. The summed E-state index contributed by atoms with van der Waals surface area (Å²) in [6.45, 7) is 3.79. The molecular weight excluding hydrogens is 674 g/mol. The fraction of sp³-hybridized carbons (Fsp3) is 0.838. The van der Waals surface area contributed by atoms with E-state index in [1.807, 2.05) is 6.92 Å². The Morgan fingerprint density at radius 1 is 0.558 bits per heavy atom. The summed E-state index contributed by atoms with van der Waals surface area (Å²) in [5.74, 6) is -4.02. The molecule has 0 spiro atoms. The van der Waals surface area contributed by atoms with E-state index in [0.717, 1.165) is 25.7 Å². The smallest absolute Gasteiger partial charge is 0.303 e. The lowest BCUT2D eigenvalue weighted by molar-refractivity contribution is -0.139. The van der Waals surface area contributed by atoms with Gasteiger partial charge in [-0.25, -0.2) is 0 Å². The molecule has 3 atom stereocenters. The number of carbonyl (C=O) groups excluding carboxylic acids is 5. The van der Waals surface area contributed by atoms with Gasteiger partial charge in [0.15, 0.2) is 0 Å². The van der Waals surface area contributed by atoms with Crippen LogP contribution in [0, 0.1) is 0 Å². The number of aliphatic carboxylic acids is 1. The van der Waals surface area contributed by atoms with E-state index in [-0.39, 0.29) is 32.1 Å². The SMILES string of the molecule is CCCCCCCCCCCCCCCC(=O)NCCOCCOCC(=O)N[C@@H](CCC(=O)O)C(=O)N[C@@H](CO)C(=O)N[C@@H](CCCC)C(=O)NC. The number of likely N-dealkylation sites (N-methyl/N-ethyl adjacent to an activating group) is 1. The molecule has 0 aromatic carbocycles. The largest absolute Gasteiger partial charge is 0.481 e. The van der Waals surface area contributed by atoms with Crippen molar-refractivity contribution >= 4 is 35.5 Å². The molecule has 0 heterocycles. The number of aliphatic hydroxyl groups excluding tert-OH is 1. The van der Waals surface area contributed by atoms with E-state index in [4.69, 9.17) is 14.6 Å². The molecule has 15 heteroatoms. The number of hydrogen-bond acceptors (Lipinski definition) is 9. The minimum atomic E-state index is -1.44. The second kappa shape index (κ2) is 33.5. The van der Waals surface area contributed by atoms with Crippen molar-refractivity contribution in [1.82, 2.24) is 26.6 Å². The molecule has 0 bridgehead atoms. The zero-order valence-electron chi connectivity index (χ0n) is 32.1. The van der Waals surface area contributed by atoms with Crippen molar-refractivity contribution in [2.45, 2.75) is 154 Å². The molecule has 5 amide bonds. The molecule has 0 saturated carbocycles. The number of carboxylic acid groups (broad SMARTS) is 1. The van der Waals surface area contributed by atoms with E-state index < -0.39 is 67.4 Å². The molecule has 0 saturated heterocycles. The fourth-order valence-corrected chi connectivity index (χ4v) is 5.40. The Morgan fingerprint density at radius 3 is 1.63 bits per heavy atom. The van der Waals surface area contributed by atoms with Crippen LogP contribution >= 0.6 is 0 Å². The van der Waals surface area contributed by atoms with Crippen LogP contribution < -0.4 is 26.6 Å². The number of carboxylic acids is 1. The first-order valence-corrected chi connectivity index (χ1v) is 19.5. The third kappa shape index (κ3) is 27.4. The van der Waals surface area contributed by atoms with Crippen molar-refractivity contribution in [1.29, 1.82) is 0 Å². The monoisotopic (exact) mass is 744 g/mol. The number of hydrogen-bond donors (Lipinski definition) is 7. The number of unbranched alkanes of at least 4 members (excludes halogenated alkanes) is 13. The summed E-state index contributed by atoms with van der Waals surface area (Å²) in [5.41, 5.74) is 0. The average molecular weight is 744 g/mol. The minimum absolute atomic E-state index is 0.00733. The molecule has 0 fully saturated rings. The molecule has 0 aliphatic carbocycles. The highest BCUT2D eigenvalue weighted by atomic mass is 16.5. The van der Waals surface area contributed by atoms with Gasteiger partial charge in [-0.2, -0.15) is 0 Å². The first-order chi connectivity index (χ1) is 25.1. The Labute approximate surface area is 310 Å². The molecule has 0 unspecified atom stereocenters. The van der Waals surface area contributed by atoms with E-state index in [9.17, 15) is 33.9 Å². The average Bonchev–Trinajstić information content (AvgIpc) is 3.12. The van der Waals surface area contributed by atoms with Gasteiger partial charge in [0.2, 0.25) is 29.5 Å². The lowest BCUT2D eigenvalue weighted by atomic mass is 10.0. The van der Waals surface area contributed by atoms with Crippen LogP contribution in [0.25, 0.3) is 0 Å². The third-order valence-electron chi connectivity index (χ3n) is 8.52. The second-order valence-corrected chi connectivity index (χ2v) is 13.1. The van der Waals surface area contributed by atoms with Crippen molar-refractivity contribution in [3.63, 3.8) is 0 Å². The van der Waals surface area contributed by atoms with E-state index in [2.05, 4.69) is 33.5 Å². The van der Waals surface area contributed by atoms with Gasteiger partial charge in [0.1, 0.15) is 24.7 Å². The van der Waals surface area contributed by atoms with Gasteiger partial charge in [0.25, 0.3) is 0 Å². The Morgan fingerprint density at radius 2 is 1.08 bits per heavy atom. The quantitative estimate of drug-likeness (QED) is 0.0471. The van der Waals surface area contributed by atoms with Crippen molar-refractivity contribution in [2.75, 3.05) is 46.6 Å². The predicted octanol–water partition coefficient (Wildman–Crippen LogP) is 2.86. The van der Waals surface area contributed by atoms with Crippen molar-refractivity contribution in [3.05, 3.63) is 0 Å². The van der Waals surface area contributed by atoms with Gasteiger partial charge in [0.05, 0.1) is 26.4 Å². The topological polar surface area (TPSA) is 221 Å². The Balaban J connectivity index is 4.26. The van der Waals surface area contributed by atoms with E-state index in [0.29, 0.717) is 25.8 Å². The summed E-state index contributed by atoms with van der Waals surface area (Å²) in [6, 6.07) is -3.64. The molecule has 0 aromatic heterocycles. The highest BCUT2D eigenvalue weighted by molar-refractivity contribution is 5.94. The third-order valence-corrected chi connectivity index (χ3v) is 8.52. The number of rotatable bonds is 35. The highest BCUT2D eigenvalue weighted by Gasteiger charge is 2.29. The summed E-state index contributed by atoms with van der Waals surface area (Å²) in [6.07, 6.45) is 17.9. The van der Waals surface area contributed by atoms with E-state index in [1.54, 1.807) is 0 Å². The fourth-order valence-electron chi connectivity index (χ4n) is 5.40. The van der Waals surface area contributed by atoms with Crippen molar-refractivity contribution < 1.29 is 48.5 Å². The minimum Gasteiger partial charge on any atom is -0.481 e. The Bertz CT molecular complexity index is 1000. The molecule has 0 radical (unpaired) electrons. The first kappa shape index (κ1) is 48.7. The number of carbonyl (C=O) groups is 6. The highest BCUT2D eigenvalue weighted by Crippen LogP contribution is 2.13. The van der Waals surface area contributed by atoms with Crippen LogP contribution in [0.15, 0.2) is 0 Å². The number of ether oxygens (including phenoxy) is 2. The van der Waals surface area contributed by atoms with Gasteiger partial charge in [0, 0.05) is 26.4 Å². The van der Waals surface area contributed by atoms with Gasteiger partial charge >= 0.3 is 5.97 Å². The zero-order valence-corrected chi connectivity index (χ0v) is 32.1. The van der Waals surface area contributed by atoms with Crippen LogP contribution in [-0.2, 0) is 38.2 Å².